The molecule has 1 fully saturated rings. The van der Waals surface area contributed by atoms with Gasteiger partial charge in [-0.3, -0.25) is 0 Å². The van der Waals surface area contributed by atoms with E-state index in [-0.39, 0.29) is 11.2 Å². The standard InChI is InChI=1S/C17H23FO3/c1-16(2,3)12-9-13(11-14(18)10-12)17(21-15(19)20)7-5-4-6-8-17/h9-11H,4-8H2,1-3H3,(H,19,20). The third kappa shape index (κ3) is 3.55. The first-order valence-electron chi connectivity index (χ1n) is 7.46. The van der Waals surface area contributed by atoms with E-state index in [1.807, 2.05) is 26.8 Å². The fourth-order valence-electron chi connectivity index (χ4n) is 3.03. The lowest BCUT2D eigenvalue weighted by atomic mass is 9.77. The van der Waals surface area contributed by atoms with Crippen LogP contribution in [0.1, 0.15) is 64.0 Å². The van der Waals surface area contributed by atoms with Gasteiger partial charge in [0, 0.05) is 0 Å². The average molecular weight is 294 g/mol. The van der Waals surface area contributed by atoms with Gasteiger partial charge in [0.05, 0.1) is 0 Å². The van der Waals surface area contributed by atoms with Crippen LogP contribution in [0, 0.1) is 5.82 Å². The molecular formula is C17H23FO3. The van der Waals surface area contributed by atoms with Crippen molar-refractivity contribution in [1.82, 2.24) is 0 Å². The maximum Gasteiger partial charge on any atom is 0.506 e. The Morgan fingerprint density at radius 1 is 1.19 bits per heavy atom. The van der Waals surface area contributed by atoms with E-state index in [0.717, 1.165) is 24.8 Å². The van der Waals surface area contributed by atoms with Crippen molar-refractivity contribution in [1.29, 1.82) is 0 Å². The van der Waals surface area contributed by atoms with Crippen LogP contribution in [-0.2, 0) is 15.8 Å². The number of carbonyl (C=O) groups is 1. The quantitative estimate of drug-likeness (QED) is 0.783. The Balaban J connectivity index is 2.49. The fourth-order valence-corrected chi connectivity index (χ4v) is 3.03. The van der Waals surface area contributed by atoms with Gasteiger partial charge in [-0.05, 0) is 54.4 Å². The molecule has 1 aliphatic rings. The predicted molar refractivity (Wildman–Crippen MR) is 79.0 cm³/mol. The number of ether oxygens (including phenoxy) is 1. The van der Waals surface area contributed by atoms with E-state index in [1.54, 1.807) is 0 Å². The normalized spacial score (nSPS) is 18.3. The molecule has 21 heavy (non-hydrogen) atoms. The highest BCUT2D eigenvalue weighted by Gasteiger charge is 2.39. The Morgan fingerprint density at radius 2 is 1.81 bits per heavy atom. The van der Waals surface area contributed by atoms with Crippen LogP contribution < -0.4 is 0 Å². The Bertz CT molecular complexity index is 525. The SMILES string of the molecule is CC(C)(C)c1cc(F)cc(C2(OC(=O)O)CCCCC2)c1. The Hall–Kier alpha value is -1.58. The zero-order chi connectivity index (χ0) is 15.7. The van der Waals surface area contributed by atoms with E-state index in [0.29, 0.717) is 18.4 Å². The van der Waals surface area contributed by atoms with Gasteiger partial charge >= 0.3 is 6.16 Å². The van der Waals surface area contributed by atoms with Gasteiger partial charge < -0.3 is 9.84 Å². The van der Waals surface area contributed by atoms with Crippen LogP contribution in [0.4, 0.5) is 9.18 Å². The van der Waals surface area contributed by atoms with E-state index in [2.05, 4.69) is 0 Å². The summed E-state index contributed by atoms with van der Waals surface area (Å²) in [6.07, 6.45) is 2.80. The maximum atomic E-state index is 14.0. The smallest absolute Gasteiger partial charge is 0.450 e. The number of rotatable bonds is 2. The van der Waals surface area contributed by atoms with Gasteiger partial charge in [-0.2, -0.15) is 0 Å². The largest absolute Gasteiger partial charge is 0.506 e. The van der Waals surface area contributed by atoms with Crippen molar-refractivity contribution in [3.8, 4) is 0 Å². The predicted octanol–water partition coefficient (Wildman–Crippen LogP) is 4.98. The summed E-state index contributed by atoms with van der Waals surface area (Å²) >= 11 is 0. The van der Waals surface area contributed by atoms with Crippen molar-refractivity contribution < 1.29 is 19.0 Å². The van der Waals surface area contributed by atoms with Crippen molar-refractivity contribution >= 4 is 6.16 Å². The summed E-state index contributed by atoms with van der Waals surface area (Å²) in [5.41, 5.74) is 0.410. The van der Waals surface area contributed by atoms with Gasteiger partial charge in [-0.15, -0.1) is 0 Å². The summed E-state index contributed by atoms with van der Waals surface area (Å²) in [6.45, 7) is 6.03. The summed E-state index contributed by atoms with van der Waals surface area (Å²) in [4.78, 5) is 11.1. The zero-order valence-corrected chi connectivity index (χ0v) is 12.9. The molecule has 1 N–H and O–H groups in total. The van der Waals surface area contributed by atoms with Gasteiger partial charge in [-0.1, -0.05) is 33.3 Å². The monoisotopic (exact) mass is 294 g/mol. The van der Waals surface area contributed by atoms with E-state index in [4.69, 9.17) is 9.84 Å². The fraction of sp³-hybridized carbons (Fsp3) is 0.588. The molecule has 0 unspecified atom stereocenters. The topological polar surface area (TPSA) is 46.5 Å². The molecule has 0 spiro atoms. The molecule has 4 heteroatoms. The van der Waals surface area contributed by atoms with Crippen molar-refractivity contribution in [3.63, 3.8) is 0 Å². The molecular weight excluding hydrogens is 271 g/mol. The van der Waals surface area contributed by atoms with Crippen molar-refractivity contribution in [3.05, 3.63) is 35.1 Å². The van der Waals surface area contributed by atoms with Gasteiger partial charge in [0.2, 0.25) is 0 Å². The van der Waals surface area contributed by atoms with Crippen molar-refractivity contribution in [2.45, 2.75) is 63.9 Å². The summed E-state index contributed by atoms with van der Waals surface area (Å²) in [5, 5.41) is 9.07. The lowest BCUT2D eigenvalue weighted by Gasteiger charge is -2.37. The first-order chi connectivity index (χ1) is 9.73. The third-order valence-electron chi connectivity index (χ3n) is 4.23. The molecule has 0 aliphatic heterocycles. The summed E-state index contributed by atoms with van der Waals surface area (Å²) in [7, 11) is 0. The lowest BCUT2D eigenvalue weighted by molar-refractivity contribution is -0.0463. The molecule has 0 saturated heterocycles. The van der Waals surface area contributed by atoms with Gasteiger partial charge in [0.1, 0.15) is 11.4 Å². The first-order valence-corrected chi connectivity index (χ1v) is 7.46. The highest BCUT2D eigenvalue weighted by molar-refractivity contribution is 5.58. The van der Waals surface area contributed by atoms with Crippen LogP contribution in [0.2, 0.25) is 0 Å². The molecule has 116 valence electrons. The molecule has 1 aromatic carbocycles. The molecule has 1 aromatic rings. The average Bonchev–Trinajstić information content (AvgIpc) is 2.37. The van der Waals surface area contributed by atoms with E-state index < -0.39 is 11.8 Å². The number of carboxylic acid groups (broad SMARTS) is 1. The molecule has 1 saturated carbocycles. The number of benzene rings is 1. The molecule has 0 aromatic heterocycles. The molecule has 2 rings (SSSR count). The second kappa shape index (κ2) is 5.66. The van der Waals surface area contributed by atoms with Crippen LogP contribution in [0.5, 0.6) is 0 Å². The Morgan fingerprint density at radius 3 is 2.33 bits per heavy atom. The molecule has 0 heterocycles. The molecule has 0 amide bonds. The van der Waals surface area contributed by atoms with Crippen LogP contribution in [0.15, 0.2) is 18.2 Å². The molecule has 0 bridgehead atoms. The number of halogens is 1. The Kier molecular flexibility index (Phi) is 4.26. The van der Waals surface area contributed by atoms with Gasteiger partial charge in [0.15, 0.2) is 0 Å². The Labute approximate surface area is 125 Å². The van der Waals surface area contributed by atoms with Crippen LogP contribution in [0.3, 0.4) is 0 Å². The molecule has 3 nitrogen and oxygen atoms in total. The molecule has 0 radical (unpaired) electrons. The second-order valence-electron chi connectivity index (χ2n) is 6.90. The van der Waals surface area contributed by atoms with E-state index >= 15 is 0 Å². The highest BCUT2D eigenvalue weighted by atomic mass is 19.1. The minimum atomic E-state index is -1.29. The van der Waals surface area contributed by atoms with E-state index in [1.165, 1.54) is 12.1 Å². The van der Waals surface area contributed by atoms with E-state index in [9.17, 15) is 9.18 Å². The second-order valence-corrected chi connectivity index (χ2v) is 6.90. The summed E-state index contributed by atoms with van der Waals surface area (Å²) in [5.74, 6) is -0.337. The maximum absolute atomic E-state index is 14.0. The number of hydrogen-bond donors (Lipinski definition) is 1. The van der Waals surface area contributed by atoms with Crippen LogP contribution in [0.25, 0.3) is 0 Å². The van der Waals surface area contributed by atoms with Gasteiger partial charge in [0.25, 0.3) is 0 Å². The van der Waals surface area contributed by atoms with Gasteiger partial charge in [-0.25, -0.2) is 9.18 Å². The number of hydrogen-bond acceptors (Lipinski definition) is 2. The zero-order valence-electron chi connectivity index (χ0n) is 12.9. The van der Waals surface area contributed by atoms with Crippen molar-refractivity contribution in [2.75, 3.05) is 0 Å². The molecule has 1 aliphatic carbocycles. The van der Waals surface area contributed by atoms with Crippen LogP contribution in [-0.4, -0.2) is 11.3 Å². The minimum absolute atomic E-state index is 0.198. The van der Waals surface area contributed by atoms with Crippen molar-refractivity contribution in [2.24, 2.45) is 0 Å². The van der Waals surface area contributed by atoms with Crippen LogP contribution >= 0.6 is 0 Å². The molecule has 0 atom stereocenters. The first kappa shape index (κ1) is 15.8. The highest BCUT2D eigenvalue weighted by Crippen LogP contribution is 2.42. The summed E-state index contributed by atoms with van der Waals surface area (Å²) < 4.78 is 19.3. The third-order valence-corrected chi connectivity index (χ3v) is 4.23. The summed E-state index contributed by atoms with van der Waals surface area (Å²) in [6, 6.07) is 4.83. The minimum Gasteiger partial charge on any atom is -0.450 e. The lowest BCUT2D eigenvalue weighted by Crippen LogP contribution is -2.34.